The van der Waals surface area contributed by atoms with E-state index in [-0.39, 0.29) is 0 Å². The lowest BCUT2D eigenvalue weighted by Crippen LogP contribution is -2.41. The summed E-state index contributed by atoms with van der Waals surface area (Å²) in [4.78, 5) is 0. The van der Waals surface area contributed by atoms with Crippen molar-refractivity contribution in [3.8, 4) is 0 Å². The Labute approximate surface area is 70.1 Å². The quantitative estimate of drug-likeness (QED) is 0.524. The van der Waals surface area contributed by atoms with E-state index in [0.29, 0.717) is 24.0 Å². The summed E-state index contributed by atoms with van der Waals surface area (Å²) in [5.74, 6) is 2.22. The maximum atomic E-state index is 5.78. The Bertz CT molecular complexity index is 119. The molecule has 1 aliphatic heterocycles. The van der Waals surface area contributed by atoms with Gasteiger partial charge >= 0.3 is 0 Å². The predicted molar refractivity (Wildman–Crippen MR) is 47.5 cm³/mol. The molecule has 1 rings (SSSR count). The maximum absolute atomic E-state index is 5.78. The molecule has 0 bridgehead atoms. The summed E-state index contributed by atoms with van der Waals surface area (Å²) in [6.07, 6.45) is 0.882. The van der Waals surface area contributed by atoms with Crippen LogP contribution in [-0.4, -0.2) is 12.2 Å². The normalized spacial score (nSPS) is 52.6. The molecule has 0 amide bonds. The molecule has 0 aromatic rings. The minimum absolute atomic E-state index is 0.441. The summed E-state index contributed by atoms with van der Waals surface area (Å²) in [5.41, 5.74) is 0. The van der Waals surface area contributed by atoms with Gasteiger partial charge in [-0.3, -0.25) is 0 Å². The molecule has 0 aromatic carbocycles. The van der Waals surface area contributed by atoms with E-state index in [4.69, 9.17) is 4.74 Å². The van der Waals surface area contributed by atoms with Crippen LogP contribution >= 0.6 is 0 Å². The van der Waals surface area contributed by atoms with E-state index in [9.17, 15) is 0 Å². The third-order valence-electron chi connectivity index (χ3n) is 3.57. The minimum atomic E-state index is 0.441. The molecular formula is C10H20O. The fraction of sp³-hybridized carbons (Fsp3) is 1.00. The zero-order valence-electron chi connectivity index (χ0n) is 8.29. The second-order valence-electron chi connectivity index (χ2n) is 4.12. The first-order valence-corrected chi connectivity index (χ1v) is 4.69. The molecule has 0 spiro atoms. The van der Waals surface area contributed by atoms with Gasteiger partial charge in [-0.25, -0.2) is 0 Å². The van der Waals surface area contributed by atoms with Gasteiger partial charge < -0.3 is 4.74 Å². The first kappa shape index (κ1) is 9.05. The van der Waals surface area contributed by atoms with Gasteiger partial charge in [0, 0.05) is 0 Å². The van der Waals surface area contributed by atoms with Crippen molar-refractivity contribution in [3.63, 3.8) is 0 Å². The predicted octanol–water partition coefficient (Wildman–Crippen LogP) is 2.70. The SMILES string of the molecule is CC1O[C@@H](C)C(C)C(C)[C@@H]1C. The van der Waals surface area contributed by atoms with Crippen LogP contribution in [0.15, 0.2) is 0 Å². The molecule has 11 heavy (non-hydrogen) atoms. The van der Waals surface area contributed by atoms with E-state index in [2.05, 4.69) is 34.6 Å². The summed E-state index contributed by atoms with van der Waals surface area (Å²) >= 11 is 0. The van der Waals surface area contributed by atoms with Crippen molar-refractivity contribution >= 4 is 0 Å². The van der Waals surface area contributed by atoms with Crippen LogP contribution in [0.4, 0.5) is 0 Å². The number of hydrogen-bond donors (Lipinski definition) is 0. The number of hydrogen-bond acceptors (Lipinski definition) is 1. The Hall–Kier alpha value is -0.0400. The Morgan fingerprint density at radius 2 is 1.00 bits per heavy atom. The second-order valence-corrected chi connectivity index (χ2v) is 4.12. The van der Waals surface area contributed by atoms with E-state index in [0.717, 1.165) is 5.92 Å². The Morgan fingerprint density at radius 3 is 1.36 bits per heavy atom. The summed E-state index contributed by atoms with van der Waals surface area (Å²) in [7, 11) is 0. The summed E-state index contributed by atoms with van der Waals surface area (Å²) < 4.78 is 5.78. The largest absolute Gasteiger partial charge is 0.375 e. The molecule has 66 valence electrons. The molecule has 0 N–H and O–H groups in total. The lowest BCUT2D eigenvalue weighted by Gasteiger charge is -2.41. The molecule has 1 heterocycles. The third kappa shape index (κ3) is 1.58. The summed E-state index contributed by atoms with van der Waals surface area (Å²) in [5, 5.41) is 0. The Balaban J connectivity index is 2.63. The van der Waals surface area contributed by atoms with Crippen LogP contribution in [0.1, 0.15) is 34.6 Å². The van der Waals surface area contributed by atoms with Crippen LogP contribution in [0.25, 0.3) is 0 Å². The van der Waals surface area contributed by atoms with Crippen molar-refractivity contribution in [1.29, 1.82) is 0 Å². The van der Waals surface area contributed by atoms with Gasteiger partial charge in [0.2, 0.25) is 0 Å². The molecular weight excluding hydrogens is 136 g/mol. The summed E-state index contributed by atoms with van der Waals surface area (Å²) in [6, 6.07) is 0. The van der Waals surface area contributed by atoms with Crippen LogP contribution in [0.2, 0.25) is 0 Å². The molecule has 1 heteroatoms. The maximum Gasteiger partial charge on any atom is 0.0578 e. The highest BCUT2D eigenvalue weighted by Gasteiger charge is 2.34. The topological polar surface area (TPSA) is 9.23 Å². The molecule has 1 aliphatic rings. The molecule has 0 aromatic heterocycles. The number of ether oxygens (including phenoxy) is 1. The molecule has 1 saturated heterocycles. The van der Waals surface area contributed by atoms with Crippen molar-refractivity contribution in [2.45, 2.75) is 46.8 Å². The van der Waals surface area contributed by atoms with Gasteiger partial charge in [0.05, 0.1) is 12.2 Å². The third-order valence-corrected chi connectivity index (χ3v) is 3.57. The van der Waals surface area contributed by atoms with E-state index in [1.165, 1.54) is 0 Å². The van der Waals surface area contributed by atoms with Crippen LogP contribution in [0, 0.1) is 17.8 Å². The standard InChI is InChI=1S/C10H20O/c1-6-7(2)9(4)11-10(5)8(6)3/h6-10H,1-5H3/t6?,7-,8?,9?,10-/m0/s1. The molecule has 0 radical (unpaired) electrons. The van der Waals surface area contributed by atoms with Crippen molar-refractivity contribution in [3.05, 3.63) is 0 Å². The van der Waals surface area contributed by atoms with Crippen LogP contribution in [0.3, 0.4) is 0 Å². The Morgan fingerprint density at radius 1 is 0.636 bits per heavy atom. The van der Waals surface area contributed by atoms with Gasteiger partial charge in [0.1, 0.15) is 0 Å². The summed E-state index contributed by atoms with van der Waals surface area (Å²) in [6.45, 7) is 11.3. The van der Waals surface area contributed by atoms with Crippen molar-refractivity contribution in [2.24, 2.45) is 17.8 Å². The average Bonchev–Trinajstić information content (AvgIpc) is 1.97. The molecule has 5 atom stereocenters. The molecule has 3 unspecified atom stereocenters. The molecule has 1 nitrogen and oxygen atoms in total. The van der Waals surface area contributed by atoms with Gasteiger partial charge in [-0.1, -0.05) is 20.8 Å². The minimum Gasteiger partial charge on any atom is -0.375 e. The smallest absolute Gasteiger partial charge is 0.0578 e. The van der Waals surface area contributed by atoms with E-state index < -0.39 is 0 Å². The lowest BCUT2D eigenvalue weighted by atomic mass is 9.77. The van der Waals surface area contributed by atoms with Crippen molar-refractivity contribution in [1.82, 2.24) is 0 Å². The number of rotatable bonds is 0. The van der Waals surface area contributed by atoms with Crippen molar-refractivity contribution < 1.29 is 4.74 Å². The van der Waals surface area contributed by atoms with Crippen LogP contribution < -0.4 is 0 Å². The second kappa shape index (κ2) is 3.14. The lowest BCUT2D eigenvalue weighted by molar-refractivity contribution is -0.116. The molecule has 0 saturated carbocycles. The molecule has 0 aliphatic carbocycles. The van der Waals surface area contributed by atoms with Crippen LogP contribution in [-0.2, 0) is 4.74 Å². The first-order valence-electron chi connectivity index (χ1n) is 4.69. The highest BCUT2D eigenvalue weighted by atomic mass is 16.5. The highest BCUT2D eigenvalue weighted by molar-refractivity contribution is 4.81. The Kier molecular flexibility index (Phi) is 2.58. The fourth-order valence-electron chi connectivity index (χ4n) is 1.92. The monoisotopic (exact) mass is 156 g/mol. The van der Waals surface area contributed by atoms with Gasteiger partial charge in [-0.15, -0.1) is 0 Å². The van der Waals surface area contributed by atoms with Crippen molar-refractivity contribution in [2.75, 3.05) is 0 Å². The van der Waals surface area contributed by atoms with Gasteiger partial charge in [0.25, 0.3) is 0 Å². The van der Waals surface area contributed by atoms with Gasteiger partial charge in [-0.05, 0) is 31.6 Å². The van der Waals surface area contributed by atoms with E-state index in [1.807, 2.05) is 0 Å². The van der Waals surface area contributed by atoms with Gasteiger partial charge in [-0.2, -0.15) is 0 Å². The highest BCUT2D eigenvalue weighted by Crippen LogP contribution is 2.34. The van der Waals surface area contributed by atoms with Gasteiger partial charge in [0.15, 0.2) is 0 Å². The van der Waals surface area contributed by atoms with E-state index in [1.54, 1.807) is 0 Å². The van der Waals surface area contributed by atoms with Crippen LogP contribution in [0.5, 0.6) is 0 Å². The zero-order chi connectivity index (χ0) is 8.59. The fourth-order valence-corrected chi connectivity index (χ4v) is 1.92. The first-order chi connectivity index (χ1) is 5.04. The van der Waals surface area contributed by atoms with E-state index >= 15 is 0 Å². The average molecular weight is 156 g/mol. The molecule has 1 fully saturated rings. The zero-order valence-corrected chi connectivity index (χ0v) is 8.29.